The highest BCUT2D eigenvalue weighted by Gasteiger charge is 2.28. The number of benzene rings is 2. The molecule has 0 saturated carbocycles. The molecule has 1 saturated heterocycles. The molecule has 1 aliphatic rings. The Labute approximate surface area is 171 Å². The number of hydrogen-bond acceptors (Lipinski definition) is 5. The molecule has 0 radical (unpaired) electrons. The van der Waals surface area contributed by atoms with Crippen molar-refractivity contribution < 1.29 is 9.53 Å². The molecule has 2 atom stereocenters. The van der Waals surface area contributed by atoms with Crippen LogP contribution in [0, 0.1) is 22.7 Å². The molecule has 1 amide bonds. The first-order chi connectivity index (χ1) is 14.1. The molecule has 2 aromatic carbocycles. The van der Waals surface area contributed by atoms with Crippen LogP contribution < -0.4 is 5.32 Å². The maximum atomic E-state index is 12.7. The van der Waals surface area contributed by atoms with Crippen LogP contribution in [0.4, 0.5) is 0 Å². The van der Waals surface area contributed by atoms with E-state index in [0.717, 1.165) is 29.7 Å². The highest BCUT2D eigenvalue weighted by Crippen LogP contribution is 2.21. The van der Waals surface area contributed by atoms with Gasteiger partial charge in [-0.3, -0.25) is 4.79 Å². The minimum absolute atomic E-state index is 0.167. The number of carbonyl (C=O) groups excluding carboxylic acids is 1. The summed E-state index contributed by atoms with van der Waals surface area (Å²) in [4.78, 5) is 14.2. The summed E-state index contributed by atoms with van der Waals surface area (Å²) in [6, 6.07) is 19.1. The third kappa shape index (κ3) is 5.20. The van der Waals surface area contributed by atoms with Gasteiger partial charge in [0.2, 0.25) is 0 Å². The minimum atomic E-state index is -0.560. The summed E-state index contributed by atoms with van der Waals surface area (Å²) >= 11 is 0. The highest BCUT2D eigenvalue weighted by atomic mass is 16.5. The van der Waals surface area contributed by atoms with E-state index in [4.69, 9.17) is 10.00 Å². The molecule has 0 spiro atoms. The molecule has 2 aromatic rings. The van der Waals surface area contributed by atoms with Gasteiger partial charge in [0.15, 0.2) is 0 Å². The van der Waals surface area contributed by atoms with Gasteiger partial charge in [0.25, 0.3) is 5.91 Å². The number of hydrogen-bond donors (Lipinski definition) is 1. The Kier molecular flexibility index (Phi) is 6.97. The van der Waals surface area contributed by atoms with Crippen LogP contribution in [0.5, 0.6) is 0 Å². The van der Waals surface area contributed by atoms with Gasteiger partial charge in [0.05, 0.1) is 17.7 Å². The average molecular weight is 388 g/mol. The van der Waals surface area contributed by atoms with Crippen LogP contribution in [-0.4, -0.2) is 49.7 Å². The monoisotopic (exact) mass is 388 g/mol. The lowest BCUT2D eigenvalue weighted by atomic mass is 10.00. The molecule has 1 N–H and O–H groups in total. The minimum Gasteiger partial charge on any atom is -0.367 e. The Morgan fingerprint density at radius 2 is 1.83 bits per heavy atom. The second-order valence-electron chi connectivity index (χ2n) is 7.10. The van der Waals surface area contributed by atoms with Gasteiger partial charge in [0, 0.05) is 26.6 Å². The second kappa shape index (κ2) is 9.84. The van der Waals surface area contributed by atoms with E-state index in [1.54, 1.807) is 19.2 Å². The van der Waals surface area contributed by atoms with Crippen molar-refractivity contribution in [2.45, 2.75) is 25.0 Å². The number of carbonyl (C=O) groups is 1. The van der Waals surface area contributed by atoms with Crippen LogP contribution in [0.2, 0.25) is 0 Å². The third-order valence-electron chi connectivity index (χ3n) is 5.12. The summed E-state index contributed by atoms with van der Waals surface area (Å²) in [5.74, 6) is -0.167. The maximum absolute atomic E-state index is 12.7. The van der Waals surface area contributed by atoms with Crippen molar-refractivity contribution in [3.05, 3.63) is 59.7 Å². The molecule has 6 nitrogen and oxygen atoms in total. The fourth-order valence-electron chi connectivity index (χ4n) is 3.32. The molecular formula is C23H24N4O2. The van der Waals surface area contributed by atoms with E-state index in [1.807, 2.05) is 36.4 Å². The lowest BCUT2D eigenvalue weighted by molar-refractivity contribution is -0.142. The number of nitrogens with one attached hydrogen (secondary N) is 1. The first-order valence-corrected chi connectivity index (χ1v) is 9.70. The first-order valence-electron chi connectivity index (χ1n) is 9.70. The molecular weight excluding hydrogens is 364 g/mol. The summed E-state index contributed by atoms with van der Waals surface area (Å²) in [5.41, 5.74) is 3.67. The predicted molar refractivity (Wildman–Crippen MR) is 110 cm³/mol. The molecule has 1 aliphatic heterocycles. The lowest BCUT2D eigenvalue weighted by Gasteiger charge is -2.27. The summed E-state index contributed by atoms with van der Waals surface area (Å²) in [6.45, 7) is 1.85. The summed E-state index contributed by atoms with van der Waals surface area (Å²) in [7, 11) is 1.66. The fraction of sp³-hybridized carbons (Fsp3) is 0.348. The maximum Gasteiger partial charge on any atom is 0.253 e. The van der Waals surface area contributed by atoms with E-state index < -0.39 is 12.1 Å². The van der Waals surface area contributed by atoms with Gasteiger partial charge in [-0.05, 0) is 41.8 Å². The zero-order valence-corrected chi connectivity index (χ0v) is 16.5. The second-order valence-corrected chi connectivity index (χ2v) is 7.10. The smallest absolute Gasteiger partial charge is 0.253 e. The van der Waals surface area contributed by atoms with Crippen molar-refractivity contribution >= 4 is 5.91 Å². The molecule has 6 heteroatoms. The predicted octanol–water partition coefficient (Wildman–Crippen LogP) is 2.50. The van der Waals surface area contributed by atoms with Gasteiger partial charge in [-0.2, -0.15) is 10.5 Å². The van der Waals surface area contributed by atoms with Crippen LogP contribution in [0.1, 0.15) is 17.5 Å². The SMILES string of the molecule is CN(C(=O)[C@@H]1CNCCCO1)[C@H](C#N)Cc1ccc(-c2ccc(C#N)cc2)cc1. The summed E-state index contributed by atoms with van der Waals surface area (Å²) in [5, 5.41) is 21.7. The Balaban J connectivity index is 1.66. The van der Waals surface area contributed by atoms with E-state index >= 15 is 0 Å². The van der Waals surface area contributed by atoms with Crippen LogP contribution >= 0.6 is 0 Å². The van der Waals surface area contributed by atoms with Crippen molar-refractivity contribution in [2.24, 2.45) is 0 Å². The van der Waals surface area contributed by atoms with E-state index in [1.165, 1.54) is 4.90 Å². The quantitative estimate of drug-likeness (QED) is 0.850. The molecule has 0 aliphatic carbocycles. The zero-order chi connectivity index (χ0) is 20.6. The van der Waals surface area contributed by atoms with E-state index in [2.05, 4.69) is 17.5 Å². The van der Waals surface area contributed by atoms with E-state index in [-0.39, 0.29) is 5.91 Å². The molecule has 148 valence electrons. The number of amides is 1. The van der Waals surface area contributed by atoms with Crippen LogP contribution in [0.25, 0.3) is 11.1 Å². The Hall–Kier alpha value is -3.19. The number of likely N-dealkylation sites (N-methyl/N-ethyl adjacent to an activating group) is 1. The molecule has 3 rings (SSSR count). The number of nitriles is 2. The molecule has 0 aromatic heterocycles. The Morgan fingerprint density at radius 3 is 2.45 bits per heavy atom. The zero-order valence-electron chi connectivity index (χ0n) is 16.5. The number of ether oxygens (including phenoxy) is 1. The van der Waals surface area contributed by atoms with Crippen molar-refractivity contribution in [3.8, 4) is 23.3 Å². The summed E-state index contributed by atoms with van der Waals surface area (Å²) < 4.78 is 5.63. The fourth-order valence-corrected chi connectivity index (χ4v) is 3.32. The topological polar surface area (TPSA) is 89.2 Å². The van der Waals surface area contributed by atoms with Gasteiger partial charge in [-0.25, -0.2) is 0 Å². The van der Waals surface area contributed by atoms with Crippen molar-refractivity contribution in [1.82, 2.24) is 10.2 Å². The Morgan fingerprint density at radius 1 is 1.17 bits per heavy atom. The van der Waals surface area contributed by atoms with Crippen LogP contribution in [0.3, 0.4) is 0 Å². The molecule has 1 heterocycles. The number of rotatable bonds is 5. The first kappa shape index (κ1) is 20.5. The largest absolute Gasteiger partial charge is 0.367 e. The average Bonchev–Trinajstić information content (AvgIpc) is 3.06. The van der Waals surface area contributed by atoms with Gasteiger partial charge in [-0.15, -0.1) is 0 Å². The third-order valence-corrected chi connectivity index (χ3v) is 5.12. The van der Waals surface area contributed by atoms with E-state index in [9.17, 15) is 10.1 Å². The summed E-state index contributed by atoms with van der Waals surface area (Å²) in [6.07, 6.45) is 0.782. The standard InChI is InChI=1S/C23H24N4O2/c1-27(23(28)22-16-26-11-2-12-29-22)21(15-25)13-17-3-7-19(8-4-17)20-9-5-18(14-24)6-10-20/h3-10,21-22,26H,2,11-13,16H2,1H3/t21-,22-/m0/s1. The van der Waals surface area contributed by atoms with E-state index in [0.29, 0.717) is 25.1 Å². The Bertz CT molecular complexity index is 902. The van der Waals surface area contributed by atoms with Gasteiger partial charge >= 0.3 is 0 Å². The van der Waals surface area contributed by atoms with Gasteiger partial charge < -0.3 is 15.0 Å². The van der Waals surface area contributed by atoms with Crippen LogP contribution in [0.15, 0.2) is 48.5 Å². The molecule has 1 fully saturated rings. The van der Waals surface area contributed by atoms with Gasteiger partial charge in [0.1, 0.15) is 12.1 Å². The molecule has 0 bridgehead atoms. The molecule has 29 heavy (non-hydrogen) atoms. The number of nitrogens with zero attached hydrogens (tertiary/aromatic N) is 3. The lowest BCUT2D eigenvalue weighted by Crippen LogP contribution is -2.47. The van der Waals surface area contributed by atoms with Crippen molar-refractivity contribution in [1.29, 1.82) is 10.5 Å². The van der Waals surface area contributed by atoms with Crippen molar-refractivity contribution in [2.75, 3.05) is 26.7 Å². The molecule has 0 unspecified atom stereocenters. The van der Waals surface area contributed by atoms with Crippen LogP contribution in [-0.2, 0) is 16.0 Å². The van der Waals surface area contributed by atoms with Gasteiger partial charge in [-0.1, -0.05) is 36.4 Å². The highest BCUT2D eigenvalue weighted by molar-refractivity contribution is 5.81. The van der Waals surface area contributed by atoms with Crippen molar-refractivity contribution in [3.63, 3.8) is 0 Å². The normalized spacial score (nSPS) is 17.4.